The number of ether oxygens (including phenoxy) is 3. The first-order chi connectivity index (χ1) is 12.0. The van der Waals surface area contributed by atoms with E-state index in [9.17, 15) is 19.2 Å². The summed E-state index contributed by atoms with van der Waals surface area (Å²) >= 11 is 0. The Bertz CT molecular complexity index is 415. The summed E-state index contributed by atoms with van der Waals surface area (Å²) in [4.78, 5) is 42.7. The predicted molar refractivity (Wildman–Crippen MR) is 96.2 cm³/mol. The molecule has 0 atom stereocenters. The quantitative estimate of drug-likeness (QED) is 0.171. The molecule has 0 bridgehead atoms. The molecule has 0 spiro atoms. The molecule has 0 radical (unpaired) electrons. The average Bonchev–Trinajstić information content (AvgIpc) is 2.45. The Morgan fingerprint density at radius 3 is 1.33 bits per heavy atom. The largest absolute Gasteiger partial charge is 2.00 e. The third-order valence-electron chi connectivity index (χ3n) is 3.49. The maximum Gasteiger partial charge on any atom is 2.00 e. The SMILES string of the molecule is CCOC(=O)C(=O)C1CCC1.CCOC(=O)C(=O)OCC.[Br-].[CH-]1CCC1.[Mg+2]. The van der Waals surface area contributed by atoms with E-state index in [1.54, 1.807) is 20.8 Å². The van der Waals surface area contributed by atoms with Gasteiger partial charge in [-0.05, 0) is 33.6 Å². The molecule has 0 heterocycles. The molecule has 2 aliphatic rings. The second-order valence-electron chi connectivity index (χ2n) is 5.37. The molecule has 0 aromatic carbocycles. The second-order valence-corrected chi connectivity index (χ2v) is 5.37. The molecule has 2 aliphatic carbocycles. The van der Waals surface area contributed by atoms with E-state index in [2.05, 4.69) is 20.6 Å². The number of ketones is 1. The van der Waals surface area contributed by atoms with Crippen molar-refractivity contribution in [3.05, 3.63) is 6.42 Å². The molecule has 2 fully saturated rings. The van der Waals surface area contributed by atoms with Gasteiger partial charge >= 0.3 is 41.0 Å². The van der Waals surface area contributed by atoms with Crippen molar-refractivity contribution in [3.8, 4) is 0 Å². The Labute approximate surface area is 188 Å². The van der Waals surface area contributed by atoms with E-state index in [0.717, 1.165) is 19.3 Å². The number of carbonyl (C=O) groups is 4. The Hall–Kier alpha value is -0.674. The van der Waals surface area contributed by atoms with Crippen LogP contribution in [0.4, 0.5) is 0 Å². The molecule has 0 N–H and O–H groups in total. The van der Waals surface area contributed by atoms with Gasteiger partial charge in [-0.25, -0.2) is 14.4 Å². The minimum Gasteiger partial charge on any atom is -1.00 e. The summed E-state index contributed by atoms with van der Waals surface area (Å²) in [5, 5.41) is 0. The molecule has 0 unspecified atom stereocenters. The Kier molecular flexibility index (Phi) is 23.1. The molecule has 7 nitrogen and oxygen atoms in total. The molecular weight excluding hydrogens is 432 g/mol. The molecular formula is C18H29BrMgO7. The van der Waals surface area contributed by atoms with Gasteiger partial charge in [0.25, 0.3) is 0 Å². The molecule has 0 aliphatic heterocycles. The topological polar surface area (TPSA) is 96.0 Å². The third kappa shape index (κ3) is 15.0. The Balaban J connectivity index is -0.000000334. The van der Waals surface area contributed by atoms with Crippen LogP contribution >= 0.6 is 0 Å². The summed E-state index contributed by atoms with van der Waals surface area (Å²) < 4.78 is 13.3. The molecule has 0 saturated heterocycles. The van der Waals surface area contributed by atoms with Crippen LogP contribution in [0.5, 0.6) is 0 Å². The molecule has 0 amide bonds. The maximum atomic E-state index is 11.0. The van der Waals surface area contributed by atoms with Crippen LogP contribution in [0, 0.1) is 12.3 Å². The molecule has 2 saturated carbocycles. The van der Waals surface area contributed by atoms with Crippen molar-refractivity contribution in [3.63, 3.8) is 0 Å². The number of carbonyl (C=O) groups excluding carboxylic acids is 4. The van der Waals surface area contributed by atoms with Crippen molar-refractivity contribution in [1.82, 2.24) is 0 Å². The fourth-order valence-electron chi connectivity index (χ4n) is 1.62. The van der Waals surface area contributed by atoms with E-state index in [-0.39, 0.29) is 71.6 Å². The van der Waals surface area contributed by atoms with Gasteiger partial charge in [-0.2, -0.15) is 12.8 Å². The second kappa shape index (κ2) is 20.1. The van der Waals surface area contributed by atoms with E-state index in [1.807, 2.05) is 0 Å². The summed E-state index contributed by atoms with van der Waals surface area (Å²) in [6.07, 6.45) is 9.28. The van der Waals surface area contributed by atoms with Crippen LogP contribution in [-0.2, 0) is 33.4 Å². The molecule has 0 aromatic rings. The predicted octanol–water partition coefficient (Wildman–Crippen LogP) is -0.971. The van der Waals surface area contributed by atoms with Gasteiger partial charge in [-0.1, -0.05) is 6.42 Å². The minimum atomic E-state index is -0.927. The first-order valence-corrected chi connectivity index (χ1v) is 8.84. The van der Waals surface area contributed by atoms with Crippen LogP contribution in [0.3, 0.4) is 0 Å². The molecule has 0 aromatic heterocycles. The Morgan fingerprint density at radius 1 is 0.778 bits per heavy atom. The summed E-state index contributed by atoms with van der Waals surface area (Å²) in [7, 11) is 0. The molecule has 2 rings (SSSR count). The Morgan fingerprint density at radius 2 is 1.11 bits per heavy atom. The van der Waals surface area contributed by atoms with Gasteiger partial charge in [0, 0.05) is 5.92 Å². The van der Waals surface area contributed by atoms with Crippen molar-refractivity contribution in [2.75, 3.05) is 19.8 Å². The van der Waals surface area contributed by atoms with Crippen LogP contribution in [-0.4, -0.2) is 66.6 Å². The van der Waals surface area contributed by atoms with E-state index < -0.39 is 17.9 Å². The number of rotatable bonds is 5. The number of hydrogen-bond acceptors (Lipinski definition) is 7. The van der Waals surface area contributed by atoms with Crippen LogP contribution in [0.2, 0.25) is 0 Å². The van der Waals surface area contributed by atoms with E-state index in [4.69, 9.17) is 0 Å². The summed E-state index contributed by atoms with van der Waals surface area (Å²) in [5.74, 6) is -2.88. The van der Waals surface area contributed by atoms with Crippen LogP contribution in [0.25, 0.3) is 0 Å². The number of esters is 3. The standard InChI is InChI=1S/C8H12O3.C6H10O4.C4H7.BrH.Mg/c1-2-11-8(10)7(9)6-4-3-5-6;1-3-9-5(7)6(8)10-4-2;1-2-4-3-1;;/h6H,2-5H2,1H3;3-4H2,1-2H3;1H,2-4H2;1H;/q;;-1;;+2/p-1. The molecule has 152 valence electrons. The number of hydrogen-bond donors (Lipinski definition) is 0. The van der Waals surface area contributed by atoms with Crippen LogP contribution in [0.15, 0.2) is 0 Å². The van der Waals surface area contributed by atoms with Crippen molar-refractivity contribution < 1.29 is 50.4 Å². The average molecular weight is 462 g/mol. The summed E-state index contributed by atoms with van der Waals surface area (Å²) in [6.45, 7) is 5.62. The van der Waals surface area contributed by atoms with Crippen molar-refractivity contribution >= 4 is 46.7 Å². The zero-order valence-electron chi connectivity index (χ0n) is 16.5. The summed E-state index contributed by atoms with van der Waals surface area (Å²) in [6, 6.07) is 0. The van der Waals surface area contributed by atoms with E-state index in [1.165, 1.54) is 19.3 Å². The van der Waals surface area contributed by atoms with E-state index in [0.29, 0.717) is 0 Å². The van der Waals surface area contributed by atoms with Gasteiger partial charge in [-0.15, -0.1) is 6.42 Å². The minimum absolute atomic E-state index is 0. The van der Waals surface area contributed by atoms with Gasteiger partial charge in [-0.3, -0.25) is 4.79 Å². The normalized spacial score (nSPS) is 13.7. The van der Waals surface area contributed by atoms with Gasteiger partial charge in [0.1, 0.15) is 0 Å². The van der Waals surface area contributed by atoms with E-state index >= 15 is 0 Å². The zero-order valence-corrected chi connectivity index (χ0v) is 19.5. The first-order valence-electron chi connectivity index (χ1n) is 8.84. The maximum absolute atomic E-state index is 11.0. The van der Waals surface area contributed by atoms with Crippen LogP contribution < -0.4 is 17.0 Å². The first kappa shape index (κ1) is 31.0. The van der Waals surface area contributed by atoms with Crippen molar-refractivity contribution in [1.29, 1.82) is 0 Å². The van der Waals surface area contributed by atoms with Crippen molar-refractivity contribution in [2.24, 2.45) is 5.92 Å². The van der Waals surface area contributed by atoms with Gasteiger partial charge < -0.3 is 37.6 Å². The fraction of sp³-hybridized carbons (Fsp3) is 0.722. The summed E-state index contributed by atoms with van der Waals surface area (Å²) in [5.41, 5.74) is 0. The molecule has 9 heteroatoms. The third-order valence-corrected chi connectivity index (χ3v) is 3.49. The monoisotopic (exact) mass is 460 g/mol. The zero-order chi connectivity index (χ0) is 19.1. The van der Waals surface area contributed by atoms with Crippen LogP contribution in [0.1, 0.15) is 59.3 Å². The molecule has 27 heavy (non-hydrogen) atoms. The number of halogens is 1. The van der Waals surface area contributed by atoms with Gasteiger partial charge in [0.2, 0.25) is 5.78 Å². The van der Waals surface area contributed by atoms with Crippen molar-refractivity contribution in [2.45, 2.75) is 59.3 Å². The smallest absolute Gasteiger partial charge is 1.00 e. The van der Waals surface area contributed by atoms with Gasteiger partial charge in [0.15, 0.2) is 0 Å². The fourth-order valence-corrected chi connectivity index (χ4v) is 1.62. The van der Waals surface area contributed by atoms with Gasteiger partial charge in [0.05, 0.1) is 19.8 Å². The number of Topliss-reactive ketones (excluding diaryl/α,β-unsaturated/α-hetero) is 1.